The number of benzene rings is 1. The standard InChI is InChI=1S/C13H11BrF2N2/c1-2-3-13-17-11(7-12(14)18-13)9-6-8(15)4-5-10(9)16/h4-7H,2-3H2,1H3. The Hall–Kier alpha value is -1.36. The molecular formula is C13H11BrF2N2. The minimum atomic E-state index is -0.496. The predicted molar refractivity (Wildman–Crippen MR) is 69.1 cm³/mol. The maximum absolute atomic E-state index is 13.7. The number of nitrogens with zero attached hydrogens (tertiary/aromatic N) is 2. The molecule has 2 rings (SSSR count). The summed E-state index contributed by atoms with van der Waals surface area (Å²) in [4.78, 5) is 8.44. The molecule has 1 aromatic heterocycles. The number of hydrogen-bond acceptors (Lipinski definition) is 2. The van der Waals surface area contributed by atoms with Crippen molar-refractivity contribution in [2.24, 2.45) is 0 Å². The summed E-state index contributed by atoms with van der Waals surface area (Å²) < 4.78 is 27.4. The van der Waals surface area contributed by atoms with Gasteiger partial charge in [0.15, 0.2) is 0 Å². The zero-order chi connectivity index (χ0) is 13.1. The first-order valence-corrected chi connectivity index (χ1v) is 6.38. The molecule has 0 saturated heterocycles. The lowest BCUT2D eigenvalue weighted by atomic mass is 10.1. The van der Waals surface area contributed by atoms with Crippen LogP contribution in [0.5, 0.6) is 0 Å². The lowest BCUT2D eigenvalue weighted by molar-refractivity contribution is 0.602. The molecule has 2 aromatic rings. The Kier molecular flexibility index (Phi) is 4.01. The topological polar surface area (TPSA) is 25.8 Å². The average Bonchev–Trinajstić information content (AvgIpc) is 2.32. The summed E-state index contributed by atoms with van der Waals surface area (Å²) in [7, 11) is 0. The van der Waals surface area contributed by atoms with Crippen molar-refractivity contribution in [2.75, 3.05) is 0 Å². The fourth-order valence-electron chi connectivity index (χ4n) is 1.63. The van der Waals surface area contributed by atoms with Crippen LogP contribution in [0, 0.1) is 11.6 Å². The van der Waals surface area contributed by atoms with E-state index in [0.29, 0.717) is 22.5 Å². The third kappa shape index (κ3) is 2.90. The predicted octanol–water partition coefficient (Wildman–Crippen LogP) is 4.14. The lowest BCUT2D eigenvalue weighted by Crippen LogP contribution is -1.98. The van der Waals surface area contributed by atoms with E-state index in [2.05, 4.69) is 25.9 Å². The van der Waals surface area contributed by atoms with Gasteiger partial charge in [-0.3, -0.25) is 0 Å². The summed E-state index contributed by atoms with van der Waals surface area (Å²) in [6.07, 6.45) is 1.59. The Bertz CT molecular complexity index is 573. The molecule has 0 saturated carbocycles. The van der Waals surface area contributed by atoms with Gasteiger partial charge in [0.2, 0.25) is 0 Å². The molecule has 0 aliphatic rings. The quantitative estimate of drug-likeness (QED) is 0.796. The number of hydrogen-bond donors (Lipinski definition) is 0. The smallest absolute Gasteiger partial charge is 0.132 e. The van der Waals surface area contributed by atoms with Gasteiger partial charge in [-0.05, 0) is 46.6 Å². The van der Waals surface area contributed by atoms with Crippen LogP contribution in [0.1, 0.15) is 19.2 Å². The maximum atomic E-state index is 13.7. The third-order valence-corrected chi connectivity index (χ3v) is 2.83. The van der Waals surface area contributed by atoms with Gasteiger partial charge in [-0.25, -0.2) is 18.7 Å². The highest BCUT2D eigenvalue weighted by Gasteiger charge is 2.10. The zero-order valence-electron chi connectivity index (χ0n) is 9.75. The van der Waals surface area contributed by atoms with Crippen molar-refractivity contribution in [2.45, 2.75) is 19.8 Å². The highest BCUT2D eigenvalue weighted by molar-refractivity contribution is 9.10. The third-order valence-electron chi connectivity index (χ3n) is 2.42. The van der Waals surface area contributed by atoms with E-state index in [-0.39, 0.29) is 5.56 Å². The second-order valence-electron chi connectivity index (χ2n) is 3.87. The highest BCUT2D eigenvalue weighted by atomic mass is 79.9. The van der Waals surface area contributed by atoms with Gasteiger partial charge in [0.25, 0.3) is 0 Å². The normalized spacial score (nSPS) is 10.7. The van der Waals surface area contributed by atoms with Crippen LogP contribution >= 0.6 is 15.9 Å². The molecule has 5 heteroatoms. The molecule has 0 spiro atoms. The second kappa shape index (κ2) is 5.52. The molecule has 0 aliphatic heterocycles. The maximum Gasteiger partial charge on any atom is 0.132 e. The molecule has 0 radical (unpaired) electrons. The van der Waals surface area contributed by atoms with Crippen LogP contribution < -0.4 is 0 Å². The van der Waals surface area contributed by atoms with Crippen molar-refractivity contribution in [1.82, 2.24) is 9.97 Å². The van der Waals surface area contributed by atoms with Crippen molar-refractivity contribution in [3.63, 3.8) is 0 Å². The molecule has 94 valence electrons. The number of halogens is 3. The van der Waals surface area contributed by atoms with Crippen LogP contribution in [-0.2, 0) is 6.42 Å². The summed E-state index contributed by atoms with van der Waals surface area (Å²) in [6, 6.07) is 4.90. The lowest BCUT2D eigenvalue weighted by Gasteiger charge is -2.06. The Morgan fingerprint density at radius 3 is 2.67 bits per heavy atom. The van der Waals surface area contributed by atoms with E-state index in [1.165, 1.54) is 0 Å². The van der Waals surface area contributed by atoms with Crippen LogP contribution in [0.25, 0.3) is 11.3 Å². The van der Waals surface area contributed by atoms with Crippen LogP contribution in [-0.4, -0.2) is 9.97 Å². The molecule has 1 heterocycles. The van der Waals surface area contributed by atoms with Gasteiger partial charge in [-0.1, -0.05) is 6.92 Å². The molecular weight excluding hydrogens is 302 g/mol. The van der Waals surface area contributed by atoms with Crippen LogP contribution in [0.4, 0.5) is 8.78 Å². The molecule has 18 heavy (non-hydrogen) atoms. The van der Waals surface area contributed by atoms with Gasteiger partial charge in [0.1, 0.15) is 22.1 Å². The van der Waals surface area contributed by atoms with Crippen molar-refractivity contribution in [3.05, 3.63) is 46.3 Å². The first kappa shape index (κ1) is 13.1. The van der Waals surface area contributed by atoms with E-state index in [4.69, 9.17) is 0 Å². The Morgan fingerprint density at radius 2 is 1.94 bits per heavy atom. The van der Waals surface area contributed by atoms with Crippen molar-refractivity contribution in [3.8, 4) is 11.3 Å². The Morgan fingerprint density at radius 1 is 1.17 bits per heavy atom. The fourth-order valence-corrected chi connectivity index (χ4v) is 2.05. The molecule has 2 nitrogen and oxygen atoms in total. The Balaban J connectivity index is 2.52. The molecule has 0 unspecified atom stereocenters. The molecule has 1 aromatic carbocycles. The number of aryl methyl sites for hydroxylation is 1. The van der Waals surface area contributed by atoms with E-state index in [0.717, 1.165) is 24.6 Å². The van der Waals surface area contributed by atoms with Gasteiger partial charge in [-0.2, -0.15) is 0 Å². The average molecular weight is 313 g/mol. The molecule has 0 amide bonds. The number of aromatic nitrogens is 2. The second-order valence-corrected chi connectivity index (χ2v) is 4.68. The molecule has 0 atom stereocenters. The van der Waals surface area contributed by atoms with Gasteiger partial charge in [0.05, 0.1) is 5.69 Å². The van der Waals surface area contributed by atoms with Gasteiger partial charge in [0, 0.05) is 12.0 Å². The Labute approximate surface area is 112 Å². The first-order chi connectivity index (χ1) is 8.60. The largest absolute Gasteiger partial charge is 0.233 e. The van der Waals surface area contributed by atoms with E-state index >= 15 is 0 Å². The van der Waals surface area contributed by atoms with Gasteiger partial charge >= 0.3 is 0 Å². The minimum absolute atomic E-state index is 0.149. The van der Waals surface area contributed by atoms with Gasteiger partial charge in [-0.15, -0.1) is 0 Å². The van der Waals surface area contributed by atoms with E-state index in [1.807, 2.05) is 6.92 Å². The van der Waals surface area contributed by atoms with Crippen molar-refractivity contribution >= 4 is 15.9 Å². The summed E-state index contributed by atoms with van der Waals surface area (Å²) in [6.45, 7) is 2.01. The fraction of sp³-hybridized carbons (Fsp3) is 0.231. The SMILES string of the molecule is CCCc1nc(Br)cc(-c2cc(F)ccc2F)n1. The van der Waals surface area contributed by atoms with Crippen LogP contribution in [0.3, 0.4) is 0 Å². The van der Waals surface area contributed by atoms with E-state index in [9.17, 15) is 8.78 Å². The van der Waals surface area contributed by atoms with E-state index < -0.39 is 11.6 Å². The minimum Gasteiger partial charge on any atom is -0.233 e. The summed E-state index contributed by atoms with van der Waals surface area (Å²) in [5.74, 6) is -0.367. The van der Waals surface area contributed by atoms with Crippen LogP contribution in [0.2, 0.25) is 0 Å². The van der Waals surface area contributed by atoms with Crippen molar-refractivity contribution < 1.29 is 8.78 Å². The number of rotatable bonds is 3. The molecule has 0 aliphatic carbocycles. The molecule has 0 N–H and O–H groups in total. The highest BCUT2D eigenvalue weighted by Crippen LogP contribution is 2.24. The zero-order valence-corrected chi connectivity index (χ0v) is 11.3. The summed E-state index contributed by atoms with van der Waals surface area (Å²) in [5, 5.41) is 0. The molecule has 0 fully saturated rings. The monoisotopic (exact) mass is 312 g/mol. The van der Waals surface area contributed by atoms with Crippen molar-refractivity contribution in [1.29, 1.82) is 0 Å². The molecule has 0 bridgehead atoms. The van der Waals surface area contributed by atoms with Gasteiger partial charge < -0.3 is 0 Å². The van der Waals surface area contributed by atoms with Crippen LogP contribution in [0.15, 0.2) is 28.9 Å². The van der Waals surface area contributed by atoms with E-state index in [1.54, 1.807) is 6.07 Å². The first-order valence-electron chi connectivity index (χ1n) is 5.59. The summed E-state index contributed by atoms with van der Waals surface area (Å²) >= 11 is 3.26. The summed E-state index contributed by atoms with van der Waals surface area (Å²) in [5.41, 5.74) is 0.535.